The number of benzene rings is 2. The van der Waals surface area contributed by atoms with Crippen molar-refractivity contribution in [3.05, 3.63) is 65.4 Å². The van der Waals surface area contributed by atoms with Crippen molar-refractivity contribution >= 4 is 28.8 Å². The lowest BCUT2D eigenvalue weighted by atomic mass is 10.1. The first-order chi connectivity index (χ1) is 13.3. The molecule has 7 nitrogen and oxygen atoms in total. The number of amides is 1. The van der Waals surface area contributed by atoms with E-state index in [1.54, 1.807) is 43.3 Å². The maximum Gasteiger partial charge on any atom is 0.326 e. The zero-order chi connectivity index (χ0) is 20.3. The monoisotopic (exact) mass is 381 g/mol. The highest BCUT2D eigenvalue weighted by atomic mass is 16.5. The molecule has 0 radical (unpaired) electrons. The molecule has 2 N–H and O–H groups in total. The van der Waals surface area contributed by atoms with Gasteiger partial charge in [-0.2, -0.15) is 0 Å². The van der Waals surface area contributed by atoms with Crippen molar-refractivity contribution in [3.8, 4) is 5.75 Å². The van der Waals surface area contributed by atoms with Crippen molar-refractivity contribution in [3.63, 3.8) is 0 Å². The van der Waals surface area contributed by atoms with Gasteiger partial charge in [0.1, 0.15) is 17.4 Å². The molecule has 1 unspecified atom stereocenters. The summed E-state index contributed by atoms with van der Waals surface area (Å²) in [6.45, 7) is 3.05. The van der Waals surface area contributed by atoms with Gasteiger partial charge in [-0.05, 0) is 30.7 Å². The number of hydrogen-bond acceptors (Lipinski definition) is 5. The third-order valence-electron chi connectivity index (χ3n) is 4.28. The van der Waals surface area contributed by atoms with Crippen molar-refractivity contribution in [1.29, 1.82) is 0 Å². The summed E-state index contributed by atoms with van der Waals surface area (Å²) < 4.78 is 10.5. The van der Waals surface area contributed by atoms with Crippen LogP contribution in [0.2, 0.25) is 0 Å². The Morgan fingerprint density at radius 1 is 1.11 bits per heavy atom. The lowest BCUT2D eigenvalue weighted by molar-refractivity contribution is -0.139. The second kappa shape index (κ2) is 7.96. The Morgan fingerprint density at radius 3 is 2.39 bits per heavy atom. The number of carbonyl (C=O) groups excluding carboxylic acids is 2. The van der Waals surface area contributed by atoms with Crippen LogP contribution in [0.15, 0.2) is 52.9 Å². The highest BCUT2D eigenvalue weighted by Gasteiger charge is 2.25. The Balaban J connectivity index is 1.75. The highest BCUT2D eigenvalue weighted by molar-refractivity contribution is 6.00. The summed E-state index contributed by atoms with van der Waals surface area (Å²) >= 11 is 0. The Hall–Kier alpha value is -3.61. The number of aryl methyl sites for hydroxylation is 1. The SMILES string of the molecule is CC(=O)Oc1ccc(CC(NC(=O)c2oc3ccccc3c2C)C(=O)O)cc1. The number of hydrogen-bond donors (Lipinski definition) is 2. The number of carbonyl (C=O) groups is 3. The minimum atomic E-state index is -1.16. The molecule has 28 heavy (non-hydrogen) atoms. The van der Waals surface area contributed by atoms with E-state index < -0.39 is 23.9 Å². The molecule has 1 atom stereocenters. The number of ether oxygens (including phenoxy) is 1. The van der Waals surface area contributed by atoms with Crippen LogP contribution in [0.5, 0.6) is 5.75 Å². The topological polar surface area (TPSA) is 106 Å². The Bertz CT molecular complexity index is 1030. The molecule has 1 amide bonds. The van der Waals surface area contributed by atoms with E-state index in [1.807, 2.05) is 12.1 Å². The van der Waals surface area contributed by atoms with Crippen LogP contribution >= 0.6 is 0 Å². The first-order valence-electron chi connectivity index (χ1n) is 8.64. The molecule has 0 bridgehead atoms. The van der Waals surface area contributed by atoms with Gasteiger partial charge in [0.15, 0.2) is 5.76 Å². The molecule has 0 aliphatic carbocycles. The molecule has 0 saturated carbocycles. The molecule has 0 saturated heterocycles. The molecule has 3 rings (SSSR count). The number of rotatable bonds is 6. The van der Waals surface area contributed by atoms with Crippen molar-refractivity contribution in [2.75, 3.05) is 0 Å². The van der Waals surface area contributed by atoms with Gasteiger partial charge in [0.2, 0.25) is 0 Å². The quantitative estimate of drug-likeness (QED) is 0.502. The van der Waals surface area contributed by atoms with Crippen molar-refractivity contribution in [2.45, 2.75) is 26.3 Å². The second-order valence-electron chi connectivity index (χ2n) is 6.36. The van der Waals surface area contributed by atoms with Crippen molar-refractivity contribution in [1.82, 2.24) is 5.32 Å². The van der Waals surface area contributed by atoms with Crippen LogP contribution in [0.1, 0.15) is 28.6 Å². The van der Waals surface area contributed by atoms with E-state index in [0.717, 1.165) is 5.39 Å². The van der Waals surface area contributed by atoms with Gasteiger partial charge in [-0.3, -0.25) is 9.59 Å². The summed E-state index contributed by atoms with van der Waals surface area (Å²) in [6.07, 6.45) is 0.0701. The Labute approximate surface area is 160 Å². The van der Waals surface area contributed by atoms with E-state index in [9.17, 15) is 19.5 Å². The number of carboxylic acids is 1. The van der Waals surface area contributed by atoms with Crippen LogP contribution < -0.4 is 10.1 Å². The van der Waals surface area contributed by atoms with Crippen LogP contribution in [0.25, 0.3) is 11.0 Å². The van der Waals surface area contributed by atoms with E-state index in [2.05, 4.69) is 5.32 Å². The summed E-state index contributed by atoms with van der Waals surface area (Å²) in [5.41, 5.74) is 1.89. The van der Waals surface area contributed by atoms with E-state index in [4.69, 9.17) is 9.15 Å². The van der Waals surface area contributed by atoms with E-state index in [1.165, 1.54) is 6.92 Å². The zero-order valence-corrected chi connectivity index (χ0v) is 15.4. The van der Waals surface area contributed by atoms with Crippen LogP contribution in [-0.2, 0) is 16.0 Å². The minimum Gasteiger partial charge on any atom is -0.480 e. The lowest BCUT2D eigenvalue weighted by Crippen LogP contribution is -2.42. The van der Waals surface area contributed by atoms with Gasteiger partial charge >= 0.3 is 11.9 Å². The molecule has 1 aromatic heterocycles. The molecule has 0 aliphatic rings. The van der Waals surface area contributed by atoms with E-state index in [0.29, 0.717) is 22.5 Å². The van der Waals surface area contributed by atoms with Crippen LogP contribution in [-0.4, -0.2) is 29.0 Å². The van der Waals surface area contributed by atoms with Gasteiger partial charge in [0.25, 0.3) is 5.91 Å². The molecular weight excluding hydrogens is 362 g/mol. The van der Waals surface area contributed by atoms with Crippen molar-refractivity contribution in [2.24, 2.45) is 0 Å². The van der Waals surface area contributed by atoms with Gasteiger partial charge < -0.3 is 19.6 Å². The molecule has 0 spiro atoms. The van der Waals surface area contributed by atoms with E-state index in [-0.39, 0.29) is 12.2 Å². The summed E-state index contributed by atoms with van der Waals surface area (Å²) in [6, 6.07) is 12.5. The third kappa shape index (κ3) is 4.20. The third-order valence-corrected chi connectivity index (χ3v) is 4.28. The number of carboxylic acid groups (broad SMARTS) is 1. The normalized spacial score (nSPS) is 11.8. The van der Waals surface area contributed by atoms with Crippen molar-refractivity contribution < 1.29 is 28.6 Å². The maximum atomic E-state index is 12.6. The number of esters is 1. The average molecular weight is 381 g/mol. The largest absolute Gasteiger partial charge is 0.480 e. The molecule has 0 aliphatic heterocycles. The fraction of sp³-hybridized carbons (Fsp3) is 0.190. The number of aliphatic carboxylic acids is 1. The molecule has 1 heterocycles. The lowest BCUT2D eigenvalue weighted by Gasteiger charge is -2.14. The van der Waals surface area contributed by atoms with E-state index >= 15 is 0 Å². The van der Waals surface area contributed by atoms with Gasteiger partial charge in [-0.1, -0.05) is 30.3 Å². The average Bonchev–Trinajstić information content (AvgIpc) is 2.99. The molecule has 3 aromatic rings. The number of nitrogens with one attached hydrogen (secondary N) is 1. The first kappa shape index (κ1) is 19.2. The highest BCUT2D eigenvalue weighted by Crippen LogP contribution is 2.25. The smallest absolute Gasteiger partial charge is 0.326 e. The maximum absolute atomic E-state index is 12.6. The van der Waals surface area contributed by atoms with Gasteiger partial charge in [0.05, 0.1) is 0 Å². The number of para-hydroxylation sites is 1. The van der Waals surface area contributed by atoms with Crippen LogP contribution in [0.4, 0.5) is 0 Å². The second-order valence-corrected chi connectivity index (χ2v) is 6.36. The Morgan fingerprint density at radius 2 is 1.79 bits per heavy atom. The van der Waals surface area contributed by atoms with Crippen LogP contribution in [0.3, 0.4) is 0 Å². The molecule has 7 heteroatoms. The number of fused-ring (bicyclic) bond motifs is 1. The first-order valence-corrected chi connectivity index (χ1v) is 8.64. The fourth-order valence-electron chi connectivity index (χ4n) is 2.91. The van der Waals surface area contributed by atoms with Gasteiger partial charge in [-0.15, -0.1) is 0 Å². The molecule has 0 fully saturated rings. The summed E-state index contributed by atoms with van der Waals surface area (Å²) in [5, 5.41) is 12.8. The minimum absolute atomic E-state index is 0.0701. The van der Waals surface area contributed by atoms with Gasteiger partial charge in [-0.25, -0.2) is 4.79 Å². The predicted molar refractivity (Wildman–Crippen MR) is 101 cm³/mol. The van der Waals surface area contributed by atoms with Crippen LogP contribution in [0, 0.1) is 6.92 Å². The summed E-state index contributed by atoms with van der Waals surface area (Å²) in [4.78, 5) is 35.2. The standard InChI is InChI=1S/C21H19NO6/c1-12-16-5-3-4-6-18(16)28-19(12)20(24)22-17(21(25)26)11-14-7-9-15(10-8-14)27-13(2)23/h3-10,17H,11H2,1-2H3,(H,22,24)(H,25,26). The predicted octanol–water partition coefficient (Wildman–Crippen LogP) is 3.09. The number of furan rings is 1. The van der Waals surface area contributed by atoms with Gasteiger partial charge in [0, 0.05) is 24.3 Å². The summed E-state index contributed by atoms with van der Waals surface area (Å²) in [5.74, 6) is -1.73. The fourth-order valence-corrected chi connectivity index (χ4v) is 2.91. The molecule has 144 valence electrons. The Kier molecular flexibility index (Phi) is 5.44. The summed E-state index contributed by atoms with van der Waals surface area (Å²) in [7, 11) is 0. The molecule has 2 aromatic carbocycles. The zero-order valence-electron chi connectivity index (χ0n) is 15.4. The molecular formula is C21H19NO6.